The number of aryl methyl sites for hydroxylation is 1. The highest BCUT2D eigenvalue weighted by atomic mass is 32.2. The number of rotatable bonds is 6. The number of hydrogen-bond acceptors (Lipinski definition) is 8. The Morgan fingerprint density at radius 3 is 2.74 bits per heavy atom. The van der Waals surface area contributed by atoms with Gasteiger partial charge < -0.3 is 14.9 Å². The third kappa shape index (κ3) is 3.80. The van der Waals surface area contributed by atoms with Gasteiger partial charge in [-0.2, -0.15) is 5.10 Å². The van der Waals surface area contributed by atoms with Gasteiger partial charge in [0, 0.05) is 50.2 Å². The molecule has 168 valence electrons. The highest BCUT2D eigenvalue weighted by Crippen LogP contribution is 2.46. The SMILES string of the molecule is CCOC1CC2(CC(c3cnc4c(cnn4CC)c3NC3CCS(=O)(=O)CC3)=NO2)C1. The van der Waals surface area contributed by atoms with Crippen molar-refractivity contribution in [1.29, 1.82) is 0 Å². The van der Waals surface area contributed by atoms with Crippen molar-refractivity contribution in [2.24, 2.45) is 5.16 Å². The number of hydrogen-bond donors (Lipinski definition) is 1. The molecule has 2 aromatic rings. The van der Waals surface area contributed by atoms with E-state index in [1.807, 2.05) is 30.9 Å². The molecule has 0 aromatic carbocycles. The molecule has 3 aliphatic rings. The molecule has 0 radical (unpaired) electrons. The molecule has 0 bridgehead atoms. The van der Waals surface area contributed by atoms with Crippen molar-refractivity contribution < 1.29 is 18.0 Å². The van der Waals surface area contributed by atoms with Crippen LogP contribution in [0.3, 0.4) is 0 Å². The number of aromatic nitrogens is 3. The number of pyridine rings is 1. The van der Waals surface area contributed by atoms with Gasteiger partial charge in [0.05, 0.1) is 40.6 Å². The Kier molecular flexibility index (Phi) is 5.16. The Hall–Kier alpha value is -2.20. The maximum atomic E-state index is 11.9. The fourth-order valence-corrected chi connectivity index (χ4v) is 6.37. The third-order valence-corrected chi connectivity index (χ3v) is 8.34. The smallest absolute Gasteiger partial charge is 0.159 e. The summed E-state index contributed by atoms with van der Waals surface area (Å²) in [6.07, 6.45) is 7.52. The summed E-state index contributed by atoms with van der Waals surface area (Å²) >= 11 is 0. The first-order valence-electron chi connectivity index (χ1n) is 11.1. The Balaban J connectivity index is 1.44. The average molecular weight is 448 g/mol. The lowest BCUT2D eigenvalue weighted by atomic mass is 9.74. The molecule has 1 spiro atoms. The maximum Gasteiger partial charge on any atom is 0.159 e. The molecule has 31 heavy (non-hydrogen) atoms. The van der Waals surface area contributed by atoms with Crippen molar-refractivity contribution in [2.45, 2.75) is 70.2 Å². The van der Waals surface area contributed by atoms with Crippen LogP contribution in [0.1, 0.15) is 51.5 Å². The Morgan fingerprint density at radius 2 is 2.03 bits per heavy atom. The lowest BCUT2D eigenvalue weighted by molar-refractivity contribution is -0.156. The summed E-state index contributed by atoms with van der Waals surface area (Å²) in [5, 5.41) is 13.5. The molecule has 2 aromatic heterocycles. The van der Waals surface area contributed by atoms with Gasteiger partial charge in [-0.25, -0.2) is 18.1 Å². The van der Waals surface area contributed by atoms with E-state index in [0.29, 0.717) is 19.4 Å². The zero-order chi connectivity index (χ0) is 21.6. The van der Waals surface area contributed by atoms with Crippen LogP contribution < -0.4 is 5.32 Å². The second kappa shape index (κ2) is 7.74. The Morgan fingerprint density at radius 1 is 1.26 bits per heavy atom. The van der Waals surface area contributed by atoms with E-state index in [-0.39, 0.29) is 29.3 Å². The van der Waals surface area contributed by atoms with Gasteiger partial charge >= 0.3 is 0 Å². The molecule has 10 heteroatoms. The molecule has 4 heterocycles. The number of nitrogens with zero attached hydrogens (tertiary/aromatic N) is 4. The van der Waals surface area contributed by atoms with Gasteiger partial charge in [0.1, 0.15) is 15.4 Å². The second-order valence-electron chi connectivity index (χ2n) is 8.79. The molecular weight excluding hydrogens is 418 g/mol. The molecule has 2 fully saturated rings. The monoisotopic (exact) mass is 447 g/mol. The number of anilines is 1. The van der Waals surface area contributed by atoms with E-state index in [9.17, 15) is 8.42 Å². The molecule has 9 nitrogen and oxygen atoms in total. The summed E-state index contributed by atoms with van der Waals surface area (Å²) in [7, 11) is -2.92. The van der Waals surface area contributed by atoms with E-state index in [1.54, 1.807) is 0 Å². The van der Waals surface area contributed by atoms with Crippen LogP contribution >= 0.6 is 0 Å². The molecule has 1 N–H and O–H groups in total. The van der Waals surface area contributed by atoms with Gasteiger partial charge in [0.25, 0.3) is 0 Å². The minimum atomic E-state index is -2.92. The molecular formula is C21H29N5O4S. The Bertz CT molecular complexity index is 1110. The fraction of sp³-hybridized carbons (Fsp3) is 0.667. The van der Waals surface area contributed by atoms with Crippen molar-refractivity contribution in [3.63, 3.8) is 0 Å². The first-order valence-corrected chi connectivity index (χ1v) is 12.9. The molecule has 5 rings (SSSR count). The summed E-state index contributed by atoms with van der Waals surface area (Å²) in [5.74, 6) is 0.433. The van der Waals surface area contributed by atoms with Crippen LogP contribution in [-0.2, 0) is 26.0 Å². The predicted molar refractivity (Wildman–Crippen MR) is 118 cm³/mol. The first kappa shape index (κ1) is 20.7. The highest BCUT2D eigenvalue weighted by Gasteiger charge is 2.51. The lowest BCUT2D eigenvalue weighted by Gasteiger charge is -2.41. The quantitative estimate of drug-likeness (QED) is 0.725. The zero-order valence-electron chi connectivity index (χ0n) is 18.0. The number of oxime groups is 1. The largest absolute Gasteiger partial charge is 0.388 e. The molecule has 2 aliphatic heterocycles. The predicted octanol–water partition coefficient (Wildman–Crippen LogP) is 2.50. The third-order valence-electron chi connectivity index (χ3n) is 6.62. The van der Waals surface area contributed by atoms with Gasteiger partial charge in [0.2, 0.25) is 0 Å². The van der Waals surface area contributed by atoms with E-state index < -0.39 is 9.84 Å². The van der Waals surface area contributed by atoms with Gasteiger partial charge in [-0.3, -0.25) is 0 Å². The van der Waals surface area contributed by atoms with Gasteiger partial charge in [-0.1, -0.05) is 5.16 Å². The van der Waals surface area contributed by atoms with E-state index in [0.717, 1.165) is 53.8 Å². The van der Waals surface area contributed by atoms with Gasteiger partial charge in [-0.15, -0.1) is 0 Å². The van der Waals surface area contributed by atoms with Gasteiger partial charge in [-0.05, 0) is 26.7 Å². The summed E-state index contributed by atoms with van der Waals surface area (Å²) in [6.45, 7) is 5.48. The maximum absolute atomic E-state index is 11.9. The second-order valence-corrected chi connectivity index (χ2v) is 11.1. The van der Waals surface area contributed by atoms with E-state index in [2.05, 4.69) is 20.6 Å². The summed E-state index contributed by atoms with van der Waals surface area (Å²) < 4.78 is 31.3. The molecule has 0 atom stereocenters. The Labute approximate surface area is 182 Å². The normalized spacial score (nSPS) is 24.7. The van der Waals surface area contributed by atoms with Crippen LogP contribution in [0.15, 0.2) is 17.5 Å². The number of fused-ring (bicyclic) bond motifs is 1. The van der Waals surface area contributed by atoms with E-state index in [4.69, 9.17) is 9.57 Å². The molecule has 1 aliphatic carbocycles. The standard InChI is InChI=1S/C21H29N5O4S/c1-3-26-20-17(13-23-26)19(24-14-5-7-31(27,28)8-6-14)16(12-22-20)18-11-21(30-25-18)9-15(10-21)29-4-2/h12-15H,3-11H2,1-2H3,(H,22,24). The zero-order valence-corrected chi connectivity index (χ0v) is 18.8. The van der Waals surface area contributed by atoms with E-state index >= 15 is 0 Å². The van der Waals surface area contributed by atoms with Crippen molar-refractivity contribution in [3.05, 3.63) is 18.0 Å². The van der Waals surface area contributed by atoms with E-state index in [1.165, 1.54) is 0 Å². The minimum Gasteiger partial charge on any atom is -0.388 e. The van der Waals surface area contributed by atoms with Crippen LogP contribution in [0, 0.1) is 0 Å². The number of nitrogens with one attached hydrogen (secondary N) is 1. The van der Waals surface area contributed by atoms with Crippen molar-refractivity contribution in [2.75, 3.05) is 23.4 Å². The first-order chi connectivity index (χ1) is 14.9. The van der Waals surface area contributed by atoms with Gasteiger partial charge in [0.15, 0.2) is 5.65 Å². The van der Waals surface area contributed by atoms with Crippen molar-refractivity contribution in [3.8, 4) is 0 Å². The lowest BCUT2D eigenvalue weighted by Crippen LogP contribution is -2.48. The molecule has 1 saturated heterocycles. The molecule has 0 unspecified atom stereocenters. The van der Waals surface area contributed by atoms with Crippen LogP contribution in [0.5, 0.6) is 0 Å². The van der Waals surface area contributed by atoms with Crippen LogP contribution in [0.4, 0.5) is 5.69 Å². The molecule has 1 saturated carbocycles. The number of sulfone groups is 1. The molecule has 0 amide bonds. The van der Waals surface area contributed by atoms with Crippen molar-refractivity contribution in [1.82, 2.24) is 14.8 Å². The van der Waals surface area contributed by atoms with Crippen LogP contribution in [0.2, 0.25) is 0 Å². The topological polar surface area (TPSA) is 108 Å². The average Bonchev–Trinajstić information content (AvgIpc) is 3.34. The van der Waals surface area contributed by atoms with Crippen molar-refractivity contribution >= 4 is 32.3 Å². The van der Waals surface area contributed by atoms with Crippen LogP contribution in [-0.4, -0.2) is 64.8 Å². The minimum absolute atomic E-state index is 0.0840. The summed E-state index contributed by atoms with van der Waals surface area (Å²) in [4.78, 5) is 10.6. The fourth-order valence-electron chi connectivity index (χ4n) is 4.88. The summed E-state index contributed by atoms with van der Waals surface area (Å²) in [6, 6.07) is 0.0840. The number of ether oxygens (including phenoxy) is 1. The summed E-state index contributed by atoms with van der Waals surface area (Å²) in [5.41, 5.74) is 3.25. The van der Waals surface area contributed by atoms with Crippen LogP contribution in [0.25, 0.3) is 11.0 Å². The highest BCUT2D eigenvalue weighted by molar-refractivity contribution is 7.91.